The first kappa shape index (κ1) is 11.9. The molecule has 14 heavy (non-hydrogen) atoms. The van der Waals surface area contributed by atoms with Gasteiger partial charge in [-0.15, -0.1) is 0 Å². The predicted octanol–water partition coefficient (Wildman–Crippen LogP) is 0.647. The van der Waals surface area contributed by atoms with Crippen LogP contribution >= 0.6 is 15.9 Å². The first-order valence-corrected chi connectivity index (χ1v) is 5.97. The van der Waals surface area contributed by atoms with Crippen LogP contribution in [0.4, 0.5) is 0 Å². The zero-order valence-corrected chi connectivity index (χ0v) is 9.79. The van der Waals surface area contributed by atoms with Gasteiger partial charge in [-0.25, -0.2) is 0 Å². The van der Waals surface area contributed by atoms with Crippen LogP contribution in [-0.2, 0) is 14.3 Å². The third-order valence-corrected chi connectivity index (χ3v) is 2.47. The predicted molar refractivity (Wildman–Crippen MR) is 56.6 cm³/mol. The highest BCUT2D eigenvalue weighted by Gasteiger charge is 2.10. The fourth-order valence-corrected chi connectivity index (χ4v) is 1.59. The van der Waals surface area contributed by atoms with Gasteiger partial charge in [0.25, 0.3) is 0 Å². The number of hydrogen-bond acceptors (Lipinski definition) is 4. The first-order valence-electron chi connectivity index (χ1n) is 4.84. The van der Waals surface area contributed by atoms with Gasteiger partial charge in [-0.2, -0.15) is 0 Å². The molecular weight excluding hydrogens is 250 g/mol. The van der Waals surface area contributed by atoms with Crippen LogP contribution in [0.15, 0.2) is 0 Å². The lowest BCUT2D eigenvalue weighted by Gasteiger charge is -2.26. The Hall–Kier alpha value is -0.130. The molecule has 0 radical (unpaired) electrons. The van der Waals surface area contributed by atoms with Gasteiger partial charge < -0.3 is 9.47 Å². The molecule has 0 aromatic rings. The summed E-state index contributed by atoms with van der Waals surface area (Å²) in [4.78, 5) is 13.2. The molecule has 82 valence electrons. The number of carbonyl (C=O) groups is 1. The van der Waals surface area contributed by atoms with Gasteiger partial charge in [0.15, 0.2) is 0 Å². The molecule has 0 saturated carbocycles. The Morgan fingerprint density at radius 3 is 2.79 bits per heavy atom. The topological polar surface area (TPSA) is 38.8 Å². The minimum Gasteiger partial charge on any atom is -0.464 e. The van der Waals surface area contributed by atoms with Crippen molar-refractivity contribution in [3.05, 3.63) is 0 Å². The highest BCUT2D eigenvalue weighted by Crippen LogP contribution is 1.97. The van der Waals surface area contributed by atoms with E-state index in [4.69, 9.17) is 9.47 Å². The van der Waals surface area contributed by atoms with Crippen LogP contribution in [0.5, 0.6) is 0 Å². The van der Waals surface area contributed by atoms with Crippen molar-refractivity contribution in [3.8, 4) is 0 Å². The molecule has 5 heteroatoms. The standard InChI is InChI=1S/C9H16BrNO3/c10-2-1-9(12)14-8-5-11-3-6-13-7-4-11/h1-8H2. The number of morpholine rings is 1. The van der Waals surface area contributed by atoms with Gasteiger partial charge in [-0.05, 0) is 0 Å². The van der Waals surface area contributed by atoms with Crippen molar-refractivity contribution in [1.82, 2.24) is 4.90 Å². The molecule has 0 bridgehead atoms. The van der Waals surface area contributed by atoms with E-state index in [1.165, 1.54) is 0 Å². The summed E-state index contributed by atoms with van der Waals surface area (Å²) in [6.07, 6.45) is 0.448. The highest BCUT2D eigenvalue weighted by molar-refractivity contribution is 9.09. The Labute approximate surface area is 92.7 Å². The lowest BCUT2D eigenvalue weighted by molar-refractivity contribution is -0.143. The second-order valence-corrected chi connectivity index (χ2v) is 3.91. The van der Waals surface area contributed by atoms with Crippen LogP contribution < -0.4 is 0 Å². The van der Waals surface area contributed by atoms with Crippen molar-refractivity contribution in [3.63, 3.8) is 0 Å². The molecule has 0 aliphatic carbocycles. The Morgan fingerprint density at radius 1 is 1.43 bits per heavy atom. The number of ether oxygens (including phenoxy) is 2. The monoisotopic (exact) mass is 265 g/mol. The molecule has 1 saturated heterocycles. The zero-order valence-electron chi connectivity index (χ0n) is 8.21. The molecule has 0 unspecified atom stereocenters. The van der Waals surface area contributed by atoms with Crippen LogP contribution in [-0.4, -0.2) is 55.7 Å². The summed E-state index contributed by atoms with van der Waals surface area (Å²) in [5, 5.41) is 0.670. The van der Waals surface area contributed by atoms with Crippen LogP contribution in [0.3, 0.4) is 0 Å². The molecule has 1 fully saturated rings. The maximum atomic E-state index is 11.0. The van der Waals surface area contributed by atoms with Crippen molar-refractivity contribution in [2.45, 2.75) is 6.42 Å². The number of nitrogens with zero attached hydrogens (tertiary/aromatic N) is 1. The van der Waals surface area contributed by atoms with Crippen LogP contribution in [0.1, 0.15) is 6.42 Å². The lowest BCUT2D eigenvalue weighted by Crippen LogP contribution is -2.38. The van der Waals surface area contributed by atoms with E-state index >= 15 is 0 Å². The van der Waals surface area contributed by atoms with Crippen LogP contribution in [0.25, 0.3) is 0 Å². The molecule has 1 heterocycles. The fourth-order valence-electron chi connectivity index (χ4n) is 1.26. The smallest absolute Gasteiger partial charge is 0.306 e. The van der Waals surface area contributed by atoms with Crippen molar-refractivity contribution >= 4 is 21.9 Å². The zero-order chi connectivity index (χ0) is 10.2. The Morgan fingerprint density at radius 2 is 2.14 bits per heavy atom. The average molecular weight is 266 g/mol. The van der Waals surface area contributed by atoms with E-state index in [9.17, 15) is 4.79 Å². The third kappa shape index (κ3) is 4.93. The summed E-state index contributed by atoms with van der Waals surface area (Å²) in [5.74, 6) is -0.130. The number of alkyl halides is 1. The van der Waals surface area contributed by atoms with Gasteiger partial charge in [0, 0.05) is 25.0 Å². The molecule has 4 nitrogen and oxygen atoms in total. The van der Waals surface area contributed by atoms with E-state index in [1.807, 2.05) is 0 Å². The maximum Gasteiger partial charge on any atom is 0.306 e. The van der Waals surface area contributed by atoms with Crippen molar-refractivity contribution < 1.29 is 14.3 Å². The number of hydrogen-bond donors (Lipinski definition) is 0. The molecule has 0 aromatic heterocycles. The molecule has 0 N–H and O–H groups in total. The SMILES string of the molecule is O=C(CCBr)OCCN1CCOCC1. The molecule has 0 aromatic carbocycles. The molecule has 0 atom stereocenters. The summed E-state index contributed by atoms with van der Waals surface area (Å²) in [7, 11) is 0. The summed E-state index contributed by atoms with van der Waals surface area (Å²) in [6, 6.07) is 0. The van der Waals surface area contributed by atoms with Crippen molar-refractivity contribution in [1.29, 1.82) is 0 Å². The number of carbonyl (C=O) groups excluding carboxylic acids is 1. The molecule has 1 rings (SSSR count). The normalized spacial score (nSPS) is 18.1. The van der Waals surface area contributed by atoms with Crippen molar-refractivity contribution in [2.75, 3.05) is 44.8 Å². The van der Waals surface area contributed by atoms with Crippen molar-refractivity contribution in [2.24, 2.45) is 0 Å². The number of halogens is 1. The van der Waals surface area contributed by atoms with Crippen LogP contribution in [0, 0.1) is 0 Å². The molecule has 0 spiro atoms. The minimum absolute atomic E-state index is 0.130. The van der Waals surface area contributed by atoms with Gasteiger partial charge in [-0.1, -0.05) is 15.9 Å². The largest absolute Gasteiger partial charge is 0.464 e. The van der Waals surface area contributed by atoms with Gasteiger partial charge in [0.1, 0.15) is 6.61 Å². The second-order valence-electron chi connectivity index (χ2n) is 3.11. The van der Waals surface area contributed by atoms with E-state index < -0.39 is 0 Å². The summed E-state index contributed by atoms with van der Waals surface area (Å²) >= 11 is 3.19. The fraction of sp³-hybridized carbons (Fsp3) is 0.889. The van der Waals surface area contributed by atoms with E-state index in [1.54, 1.807) is 0 Å². The summed E-state index contributed by atoms with van der Waals surface area (Å²) in [6.45, 7) is 4.76. The van der Waals surface area contributed by atoms with E-state index in [2.05, 4.69) is 20.8 Å². The quantitative estimate of drug-likeness (QED) is 0.541. The van der Waals surface area contributed by atoms with E-state index in [0.717, 1.165) is 32.8 Å². The summed E-state index contributed by atoms with van der Waals surface area (Å²) < 4.78 is 10.2. The van der Waals surface area contributed by atoms with Gasteiger partial charge >= 0.3 is 5.97 Å². The summed E-state index contributed by atoms with van der Waals surface area (Å²) in [5.41, 5.74) is 0. The molecule has 1 aliphatic rings. The minimum atomic E-state index is -0.130. The Bertz CT molecular complexity index is 171. The molecular formula is C9H16BrNO3. The number of rotatable bonds is 5. The van der Waals surface area contributed by atoms with E-state index in [0.29, 0.717) is 18.4 Å². The average Bonchev–Trinajstić information content (AvgIpc) is 2.20. The molecule has 1 aliphatic heterocycles. The first-order chi connectivity index (χ1) is 6.83. The maximum absolute atomic E-state index is 11.0. The van der Waals surface area contributed by atoms with E-state index in [-0.39, 0.29) is 5.97 Å². The van der Waals surface area contributed by atoms with Crippen LogP contribution in [0.2, 0.25) is 0 Å². The Balaban J connectivity index is 1.99. The lowest BCUT2D eigenvalue weighted by atomic mass is 10.4. The van der Waals surface area contributed by atoms with Gasteiger partial charge in [0.2, 0.25) is 0 Å². The Kier molecular flexibility index (Phi) is 6.14. The molecule has 0 amide bonds. The highest BCUT2D eigenvalue weighted by atomic mass is 79.9. The number of esters is 1. The van der Waals surface area contributed by atoms with Gasteiger partial charge in [-0.3, -0.25) is 9.69 Å². The van der Waals surface area contributed by atoms with Gasteiger partial charge in [0.05, 0.1) is 19.6 Å². The second kappa shape index (κ2) is 7.20. The third-order valence-electron chi connectivity index (χ3n) is 2.07.